The third kappa shape index (κ3) is 3.36. The molecule has 0 aromatic heterocycles. The Morgan fingerprint density at radius 1 is 1.15 bits per heavy atom. The van der Waals surface area contributed by atoms with Gasteiger partial charge in [-0.1, -0.05) is 37.5 Å². The standard InChI is InChI=1S/C21H29N3O3/c25-19(26)18-9-5-4-6-16(18)14-23-15-24(17-7-2-1-3-8-17)21(20(23)27)10-12-22-13-11-21/h4-6,9,17,22H,1-3,7-8,10-15H2,(H,25,26). The van der Waals surface area contributed by atoms with Crippen molar-refractivity contribution in [3.05, 3.63) is 35.4 Å². The predicted molar refractivity (Wildman–Crippen MR) is 102 cm³/mol. The van der Waals surface area contributed by atoms with Crippen LogP contribution in [0.4, 0.5) is 0 Å². The molecule has 3 aliphatic rings. The third-order valence-electron chi connectivity index (χ3n) is 6.61. The normalized spacial score (nSPS) is 23.9. The first kappa shape index (κ1) is 18.4. The molecule has 2 aliphatic heterocycles. The molecule has 3 fully saturated rings. The van der Waals surface area contributed by atoms with E-state index in [4.69, 9.17) is 0 Å². The number of aromatic carboxylic acids is 1. The van der Waals surface area contributed by atoms with E-state index >= 15 is 0 Å². The van der Waals surface area contributed by atoms with Gasteiger partial charge in [-0.25, -0.2) is 4.79 Å². The van der Waals surface area contributed by atoms with Gasteiger partial charge in [-0.3, -0.25) is 9.69 Å². The van der Waals surface area contributed by atoms with Gasteiger partial charge in [-0.05, 0) is 50.4 Å². The van der Waals surface area contributed by atoms with Crippen LogP contribution in [0, 0.1) is 0 Å². The fourth-order valence-corrected chi connectivity index (χ4v) is 5.19. The number of hydrogen-bond acceptors (Lipinski definition) is 4. The summed E-state index contributed by atoms with van der Waals surface area (Å²) in [6.45, 7) is 2.74. The van der Waals surface area contributed by atoms with Crippen molar-refractivity contribution in [3.8, 4) is 0 Å². The second kappa shape index (κ2) is 7.60. The molecule has 1 saturated carbocycles. The highest BCUT2D eigenvalue weighted by Gasteiger charge is 2.54. The molecule has 6 nitrogen and oxygen atoms in total. The van der Waals surface area contributed by atoms with Gasteiger partial charge in [0, 0.05) is 12.6 Å². The minimum Gasteiger partial charge on any atom is -0.478 e. The Hall–Kier alpha value is -1.92. The van der Waals surface area contributed by atoms with E-state index in [1.807, 2.05) is 17.0 Å². The lowest BCUT2D eigenvalue weighted by molar-refractivity contribution is -0.136. The summed E-state index contributed by atoms with van der Waals surface area (Å²) in [6.07, 6.45) is 7.81. The molecule has 0 atom stereocenters. The van der Waals surface area contributed by atoms with Gasteiger partial charge in [-0.2, -0.15) is 0 Å². The summed E-state index contributed by atoms with van der Waals surface area (Å²) >= 11 is 0. The molecule has 2 heterocycles. The number of carboxylic acid groups (broad SMARTS) is 1. The van der Waals surface area contributed by atoms with Crippen molar-refractivity contribution in [2.45, 2.75) is 63.1 Å². The number of piperidine rings is 1. The van der Waals surface area contributed by atoms with Crippen LogP contribution in [0.2, 0.25) is 0 Å². The maximum atomic E-state index is 13.5. The van der Waals surface area contributed by atoms with Gasteiger partial charge in [0.1, 0.15) is 5.54 Å². The van der Waals surface area contributed by atoms with Gasteiger partial charge in [0.2, 0.25) is 5.91 Å². The number of amides is 1. The Balaban J connectivity index is 1.61. The molecule has 1 amide bonds. The van der Waals surface area contributed by atoms with E-state index in [0.717, 1.165) is 25.9 Å². The lowest BCUT2D eigenvalue weighted by atomic mass is 9.83. The van der Waals surface area contributed by atoms with E-state index in [9.17, 15) is 14.7 Å². The quantitative estimate of drug-likeness (QED) is 0.851. The van der Waals surface area contributed by atoms with Crippen LogP contribution < -0.4 is 5.32 Å². The Morgan fingerprint density at radius 2 is 1.85 bits per heavy atom. The summed E-state index contributed by atoms with van der Waals surface area (Å²) in [5, 5.41) is 12.9. The van der Waals surface area contributed by atoms with Crippen LogP contribution in [0.15, 0.2) is 24.3 Å². The Kier molecular flexibility index (Phi) is 5.19. The fraction of sp³-hybridized carbons (Fsp3) is 0.619. The van der Waals surface area contributed by atoms with Crippen molar-refractivity contribution < 1.29 is 14.7 Å². The molecular weight excluding hydrogens is 342 g/mol. The molecule has 27 heavy (non-hydrogen) atoms. The van der Waals surface area contributed by atoms with Gasteiger partial charge >= 0.3 is 5.97 Å². The van der Waals surface area contributed by atoms with Crippen LogP contribution in [-0.2, 0) is 11.3 Å². The predicted octanol–water partition coefficient (Wildman–Crippen LogP) is 2.44. The molecule has 0 radical (unpaired) electrons. The summed E-state index contributed by atoms with van der Waals surface area (Å²) in [5.74, 6) is -0.743. The minimum atomic E-state index is -0.932. The molecule has 4 rings (SSSR count). The number of rotatable bonds is 4. The lowest BCUT2D eigenvalue weighted by Gasteiger charge is -2.44. The van der Waals surface area contributed by atoms with Crippen molar-refractivity contribution in [1.29, 1.82) is 0 Å². The van der Waals surface area contributed by atoms with Crippen molar-refractivity contribution >= 4 is 11.9 Å². The lowest BCUT2D eigenvalue weighted by Crippen LogP contribution is -2.58. The SMILES string of the molecule is O=C(O)c1ccccc1CN1CN(C2CCCCC2)C2(CCNCC2)C1=O. The zero-order valence-electron chi connectivity index (χ0n) is 15.8. The monoisotopic (exact) mass is 371 g/mol. The first-order chi connectivity index (χ1) is 13.1. The highest BCUT2D eigenvalue weighted by molar-refractivity contribution is 5.91. The van der Waals surface area contributed by atoms with E-state index in [1.165, 1.54) is 32.1 Å². The molecule has 146 valence electrons. The molecule has 1 aromatic carbocycles. The van der Waals surface area contributed by atoms with Crippen molar-refractivity contribution in [2.75, 3.05) is 19.8 Å². The number of carbonyl (C=O) groups is 2. The Bertz CT molecular complexity index is 708. The summed E-state index contributed by atoms with van der Waals surface area (Å²) < 4.78 is 0. The maximum Gasteiger partial charge on any atom is 0.336 e. The molecule has 1 spiro atoms. The summed E-state index contributed by atoms with van der Waals surface area (Å²) in [5.41, 5.74) is 0.611. The number of carbonyl (C=O) groups excluding carboxylic acids is 1. The first-order valence-electron chi connectivity index (χ1n) is 10.2. The maximum absolute atomic E-state index is 13.5. The van der Waals surface area contributed by atoms with Gasteiger partial charge in [0.25, 0.3) is 0 Å². The van der Waals surface area contributed by atoms with Crippen LogP contribution in [0.25, 0.3) is 0 Å². The topological polar surface area (TPSA) is 72.9 Å². The van der Waals surface area contributed by atoms with Gasteiger partial charge in [0.15, 0.2) is 0 Å². The minimum absolute atomic E-state index is 0.190. The average Bonchev–Trinajstić information content (AvgIpc) is 2.95. The van der Waals surface area contributed by atoms with E-state index < -0.39 is 11.5 Å². The summed E-state index contributed by atoms with van der Waals surface area (Å²) in [6, 6.07) is 7.51. The van der Waals surface area contributed by atoms with E-state index in [1.54, 1.807) is 12.1 Å². The molecule has 2 saturated heterocycles. The second-order valence-corrected chi connectivity index (χ2v) is 8.15. The van der Waals surface area contributed by atoms with Gasteiger partial charge in [0.05, 0.1) is 12.2 Å². The van der Waals surface area contributed by atoms with Crippen LogP contribution in [-0.4, -0.2) is 58.1 Å². The number of nitrogens with one attached hydrogen (secondary N) is 1. The Morgan fingerprint density at radius 3 is 2.56 bits per heavy atom. The van der Waals surface area contributed by atoms with Crippen LogP contribution in [0.1, 0.15) is 60.9 Å². The number of hydrogen-bond donors (Lipinski definition) is 2. The third-order valence-corrected chi connectivity index (χ3v) is 6.61. The molecule has 0 bridgehead atoms. The highest BCUT2D eigenvalue weighted by Crippen LogP contribution is 2.40. The summed E-state index contributed by atoms with van der Waals surface area (Å²) in [7, 11) is 0. The highest BCUT2D eigenvalue weighted by atomic mass is 16.4. The van der Waals surface area contributed by atoms with Crippen LogP contribution >= 0.6 is 0 Å². The van der Waals surface area contributed by atoms with Crippen molar-refractivity contribution in [2.24, 2.45) is 0 Å². The number of carboxylic acids is 1. The number of nitrogens with zero attached hydrogens (tertiary/aromatic N) is 2. The Labute approximate surface area is 160 Å². The number of benzene rings is 1. The molecule has 6 heteroatoms. The molecular formula is C21H29N3O3. The van der Waals surface area contributed by atoms with E-state index in [2.05, 4.69) is 10.2 Å². The largest absolute Gasteiger partial charge is 0.478 e. The van der Waals surface area contributed by atoms with Gasteiger partial charge < -0.3 is 15.3 Å². The zero-order valence-corrected chi connectivity index (χ0v) is 15.8. The molecule has 0 unspecified atom stereocenters. The molecule has 1 aromatic rings. The van der Waals surface area contributed by atoms with Crippen molar-refractivity contribution in [1.82, 2.24) is 15.1 Å². The van der Waals surface area contributed by atoms with Crippen LogP contribution in [0.5, 0.6) is 0 Å². The smallest absolute Gasteiger partial charge is 0.336 e. The molecule has 2 N–H and O–H groups in total. The first-order valence-corrected chi connectivity index (χ1v) is 10.2. The van der Waals surface area contributed by atoms with E-state index in [0.29, 0.717) is 30.4 Å². The fourth-order valence-electron chi connectivity index (χ4n) is 5.19. The van der Waals surface area contributed by atoms with Crippen molar-refractivity contribution in [3.63, 3.8) is 0 Å². The van der Waals surface area contributed by atoms with E-state index in [-0.39, 0.29) is 5.91 Å². The van der Waals surface area contributed by atoms with Gasteiger partial charge in [-0.15, -0.1) is 0 Å². The van der Waals surface area contributed by atoms with Crippen LogP contribution in [0.3, 0.4) is 0 Å². The zero-order chi connectivity index (χ0) is 18.9. The second-order valence-electron chi connectivity index (χ2n) is 8.15. The molecule has 1 aliphatic carbocycles. The average molecular weight is 371 g/mol. The summed E-state index contributed by atoms with van der Waals surface area (Å²) in [4.78, 5) is 29.5.